The molecule has 3 unspecified atom stereocenters. The molecular formula is C12H21N3O4. The number of hydrogen-bond acceptors (Lipinski definition) is 4. The van der Waals surface area contributed by atoms with Gasteiger partial charge < -0.3 is 25.4 Å². The molecule has 0 radical (unpaired) electrons. The zero-order valence-electron chi connectivity index (χ0n) is 11.1. The first-order valence-electron chi connectivity index (χ1n) is 6.59. The number of carboxylic acid groups (broad SMARTS) is 1. The summed E-state index contributed by atoms with van der Waals surface area (Å²) in [6, 6.07) is -0.750. The third kappa shape index (κ3) is 3.81. The number of urea groups is 1. The smallest absolute Gasteiger partial charge is 0.315 e. The summed E-state index contributed by atoms with van der Waals surface area (Å²) in [5.74, 6) is -1.10. The lowest BCUT2D eigenvalue weighted by atomic mass is 10.0. The Morgan fingerprint density at radius 1 is 1.42 bits per heavy atom. The van der Waals surface area contributed by atoms with Crippen molar-refractivity contribution in [3.05, 3.63) is 0 Å². The average molecular weight is 271 g/mol. The summed E-state index contributed by atoms with van der Waals surface area (Å²) >= 11 is 0. The van der Waals surface area contributed by atoms with E-state index in [1.807, 2.05) is 0 Å². The van der Waals surface area contributed by atoms with Gasteiger partial charge >= 0.3 is 12.0 Å². The van der Waals surface area contributed by atoms with Crippen LogP contribution in [0.4, 0.5) is 4.79 Å². The van der Waals surface area contributed by atoms with E-state index in [2.05, 4.69) is 22.6 Å². The van der Waals surface area contributed by atoms with Crippen LogP contribution in [0.1, 0.15) is 6.42 Å². The number of aliphatic carboxylic acids is 1. The lowest BCUT2D eigenvalue weighted by Crippen LogP contribution is -2.48. The lowest BCUT2D eigenvalue weighted by molar-refractivity contribution is -0.142. The van der Waals surface area contributed by atoms with E-state index >= 15 is 0 Å². The lowest BCUT2D eigenvalue weighted by Gasteiger charge is -2.17. The molecule has 108 valence electrons. The van der Waals surface area contributed by atoms with Crippen LogP contribution in [-0.4, -0.2) is 67.9 Å². The molecule has 19 heavy (non-hydrogen) atoms. The van der Waals surface area contributed by atoms with E-state index in [1.165, 1.54) is 0 Å². The summed E-state index contributed by atoms with van der Waals surface area (Å²) in [7, 11) is 2.06. The molecule has 0 spiro atoms. The number of amides is 2. The fourth-order valence-corrected chi connectivity index (χ4v) is 2.59. The molecule has 2 rings (SSSR count). The molecule has 7 heteroatoms. The van der Waals surface area contributed by atoms with Crippen LogP contribution in [0.5, 0.6) is 0 Å². The summed E-state index contributed by atoms with van der Waals surface area (Å²) in [4.78, 5) is 24.9. The van der Waals surface area contributed by atoms with Gasteiger partial charge in [-0.2, -0.15) is 0 Å². The number of carboxylic acids is 1. The highest BCUT2D eigenvalue weighted by molar-refractivity contribution is 5.77. The van der Waals surface area contributed by atoms with Crippen LogP contribution in [0.25, 0.3) is 0 Å². The first kappa shape index (κ1) is 14.1. The molecule has 0 aliphatic carbocycles. The Bertz CT molecular complexity index is 350. The Hall–Kier alpha value is -1.34. The van der Waals surface area contributed by atoms with Crippen LogP contribution in [0.2, 0.25) is 0 Å². The average Bonchev–Trinajstić information content (AvgIpc) is 2.95. The van der Waals surface area contributed by atoms with E-state index in [0.717, 1.165) is 19.5 Å². The molecule has 0 saturated carbocycles. The Balaban J connectivity index is 1.70. The van der Waals surface area contributed by atoms with E-state index in [9.17, 15) is 9.59 Å². The largest absolute Gasteiger partial charge is 0.481 e. The third-order valence-electron chi connectivity index (χ3n) is 3.75. The van der Waals surface area contributed by atoms with Crippen molar-refractivity contribution in [2.24, 2.45) is 11.8 Å². The van der Waals surface area contributed by atoms with Crippen molar-refractivity contribution < 1.29 is 19.4 Å². The minimum atomic E-state index is -0.930. The zero-order chi connectivity index (χ0) is 13.8. The summed E-state index contributed by atoms with van der Waals surface area (Å²) in [6.07, 6.45) is 1.08. The monoisotopic (exact) mass is 271 g/mol. The highest BCUT2D eigenvalue weighted by atomic mass is 16.5. The van der Waals surface area contributed by atoms with E-state index in [4.69, 9.17) is 9.84 Å². The molecule has 2 heterocycles. The standard InChI is InChI=1S/C12H21N3O4/c1-15-3-2-8(5-15)4-13-12(18)14-10-7-19-6-9(10)11(16)17/h8-10H,2-7H2,1H3,(H,16,17)(H2,13,14,18). The van der Waals surface area contributed by atoms with Gasteiger partial charge in [-0.25, -0.2) is 4.79 Å². The SMILES string of the molecule is CN1CCC(CNC(=O)NC2COCC2C(=O)O)C1. The molecule has 2 aliphatic rings. The minimum absolute atomic E-state index is 0.160. The Kier molecular flexibility index (Phi) is 4.60. The van der Waals surface area contributed by atoms with Crippen molar-refractivity contribution in [2.45, 2.75) is 12.5 Å². The van der Waals surface area contributed by atoms with Gasteiger partial charge in [0.2, 0.25) is 0 Å². The molecule has 2 aliphatic heterocycles. The second kappa shape index (κ2) is 6.21. The van der Waals surface area contributed by atoms with Crippen LogP contribution < -0.4 is 10.6 Å². The van der Waals surface area contributed by atoms with Crippen LogP contribution in [-0.2, 0) is 9.53 Å². The Morgan fingerprint density at radius 2 is 2.21 bits per heavy atom. The number of likely N-dealkylation sites (tertiary alicyclic amines) is 1. The number of nitrogens with one attached hydrogen (secondary N) is 2. The summed E-state index contributed by atoms with van der Waals surface area (Å²) in [5.41, 5.74) is 0. The third-order valence-corrected chi connectivity index (χ3v) is 3.75. The molecular weight excluding hydrogens is 250 g/mol. The van der Waals surface area contributed by atoms with Gasteiger partial charge in [0.15, 0.2) is 0 Å². The number of nitrogens with zero attached hydrogens (tertiary/aromatic N) is 1. The van der Waals surface area contributed by atoms with E-state index in [-0.39, 0.29) is 19.2 Å². The molecule has 2 amide bonds. The maximum absolute atomic E-state index is 11.7. The van der Waals surface area contributed by atoms with Crippen molar-refractivity contribution in [2.75, 3.05) is 39.9 Å². The van der Waals surface area contributed by atoms with Gasteiger partial charge in [-0.05, 0) is 25.9 Å². The highest BCUT2D eigenvalue weighted by Gasteiger charge is 2.35. The first-order chi connectivity index (χ1) is 9.06. The summed E-state index contributed by atoms with van der Waals surface area (Å²) < 4.78 is 5.09. The molecule has 2 fully saturated rings. The maximum Gasteiger partial charge on any atom is 0.315 e. The van der Waals surface area contributed by atoms with E-state index in [1.54, 1.807) is 0 Å². The van der Waals surface area contributed by atoms with Gasteiger partial charge in [-0.15, -0.1) is 0 Å². The molecule has 7 nitrogen and oxygen atoms in total. The topological polar surface area (TPSA) is 90.9 Å². The highest BCUT2D eigenvalue weighted by Crippen LogP contribution is 2.14. The second-order valence-electron chi connectivity index (χ2n) is 5.36. The first-order valence-corrected chi connectivity index (χ1v) is 6.59. The molecule has 3 atom stereocenters. The fraction of sp³-hybridized carbons (Fsp3) is 0.833. The maximum atomic E-state index is 11.7. The van der Waals surface area contributed by atoms with E-state index in [0.29, 0.717) is 12.5 Å². The number of hydrogen-bond donors (Lipinski definition) is 3. The van der Waals surface area contributed by atoms with Gasteiger partial charge in [-0.3, -0.25) is 4.79 Å². The van der Waals surface area contributed by atoms with Crippen molar-refractivity contribution in [3.63, 3.8) is 0 Å². The van der Waals surface area contributed by atoms with Crippen molar-refractivity contribution in [3.8, 4) is 0 Å². The second-order valence-corrected chi connectivity index (χ2v) is 5.36. The van der Waals surface area contributed by atoms with Gasteiger partial charge in [0, 0.05) is 13.1 Å². The van der Waals surface area contributed by atoms with Crippen LogP contribution in [0.3, 0.4) is 0 Å². The van der Waals surface area contributed by atoms with Gasteiger partial charge in [0.25, 0.3) is 0 Å². The van der Waals surface area contributed by atoms with Crippen molar-refractivity contribution >= 4 is 12.0 Å². The molecule has 3 N–H and O–H groups in total. The van der Waals surface area contributed by atoms with Gasteiger partial charge in [0.05, 0.1) is 19.3 Å². The van der Waals surface area contributed by atoms with E-state index < -0.39 is 17.9 Å². The minimum Gasteiger partial charge on any atom is -0.481 e. The van der Waals surface area contributed by atoms with Crippen LogP contribution in [0, 0.1) is 11.8 Å². The normalized spacial score (nSPS) is 31.3. The van der Waals surface area contributed by atoms with Gasteiger partial charge in [0.1, 0.15) is 5.92 Å². The predicted molar refractivity (Wildman–Crippen MR) is 67.9 cm³/mol. The number of rotatable bonds is 4. The summed E-state index contributed by atoms with van der Waals surface area (Å²) in [6.45, 7) is 3.10. The molecule has 2 saturated heterocycles. The number of ether oxygens (including phenoxy) is 1. The molecule has 0 aromatic carbocycles. The fourth-order valence-electron chi connectivity index (χ4n) is 2.59. The van der Waals surface area contributed by atoms with Crippen molar-refractivity contribution in [1.82, 2.24) is 15.5 Å². The molecule has 0 aromatic rings. The van der Waals surface area contributed by atoms with Crippen LogP contribution in [0.15, 0.2) is 0 Å². The molecule has 0 bridgehead atoms. The quantitative estimate of drug-likeness (QED) is 0.631. The predicted octanol–water partition coefficient (Wildman–Crippen LogP) is -0.663. The number of carbonyl (C=O) groups excluding carboxylic acids is 1. The van der Waals surface area contributed by atoms with Crippen molar-refractivity contribution in [1.29, 1.82) is 0 Å². The molecule has 0 aromatic heterocycles. The Morgan fingerprint density at radius 3 is 2.84 bits per heavy atom. The van der Waals surface area contributed by atoms with Gasteiger partial charge in [-0.1, -0.05) is 0 Å². The van der Waals surface area contributed by atoms with Crippen LogP contribution >= 0.6 is 0 Å². The summed E-state index contributed by atoms with van der Waals surface area (Å²) in [5, 5.41) is 14.5. The Labute approximate surface area is 112 Å². The number of carbonyl (C=O) groups is 2. The zero-order valence-corrected chi connectivity index (χ0v) is 11.1.